The number of nitrogens with two attached hydrogens (primary N) is 1. The topological polar surface area (TPSA) is 38.0 Å². The van der Waals surface area contributed by atoms with Gasteiger partial charge in [-0.25, -0.2) is 0 Å². The van der Waals surface area contributed by atoms with Gasteiger partial charge < -0.3 is 11.1 Å². The van der Waals surface area contributed by atoms with Gasteiger partial charge in [0.1, 0.15) is 0 Å². The molecule has 0 bridgehead atoms. The molecule has 0 fully saturated rings. The Morgan fingerprint density at radius 1 is 1.50 bits per heavy atom. The first-order valence-electron chi connectivity index (χ1n) is 2.72. The van der Waals surface area contributed by atoms with Gasteiger partial charge in [-0.05, 0) is 7.05 Å². The van der Waals surface area contributed by atoms with Crippen LogP contribution in [0.5, 0.6) is 0 Å². The number of nitrogens with one attached hydrogen (secondary N) is 1. The molecule has 0 rings (SSSR count). The average Bonchev–Trinajstić information content (AvgIpc) is 1.81. The van der Waals surface area contributed by atoms with Crippen molar-refractivity contribution in [1.82, 2.24) is 5.32 Å². The normalized spacial score (nSPS) is 7.75. The van der Waals surface area contributed by atoms with Gasteiger partial charge in [0.25, 0.3) is 0 Å². The van der Waals surface area contributed by atoms with Crippen molar-refractivity contribution in [3.8, 4) is 11.8 Å². The molecule has 0 aliphatic heterocycles. The molecule has 0 aromatic rings. The SMILES string of the molecule is CNCCC#CCN. The molecule has 2 nitrogen and oxygen atoms in total. The lowest BCUT2D eigenvalue weighted by atomic mass is 10.4. The largest absolute Gasteiger partial charge is 0.320 e. The smallest absolute Gasteiger partial charge is 0.0551 e. The van der Waals surface area contributed by atoms with Crippen LogP contribution in [0.25, 0.3) is 0 Å². The summed E-state index contributed by atoms with van der Waals surface area (Å²) in [6.07, 6.45) is 0.897. The predicted molar refractivity (Wildman–Crippen MR) is 35.4 cm³/mol. The van der Waals surface area contributed by atoms with Gasteiger partial charge in [-0.1, -0.05) is 5.92 Å². The molecule has 0 amide bonds. The van der Waals surface area contributed by atoms with Crippen molar-refractivity contribution in [1.29, 1.82) is 0 Å². The molecule has 0 saturated heterocycles. The van der Waals surface area contributed by atoms with Crippen molar-refractivity contribution in [3.63, 3.8) is 0 Å². The van der Waals surface area contributed by atoms with Gasteiger partial charge in [-0.3, -0.25) is 0 Å². The molecule has 0 heterocycles. The standard InChI is InChI=1S/C6H12N2/c1-8-6-4-2-3-5-7/h8H,4-7H2,1H3. The summed E-state index contributed by atoms with van der Waals surface area (Å²) in [4.78, 5) is 0. The molecule has 0 aliphatic carbocycles. The van der Waals surface area contributed by atoms with E-state index >= 15 is 0 Å². The van der Waals surface area contributed by atoms with Crippen LogP contribution >= 0.6 is 0 Å². The Hall–Kier alpha value is -0.520. The molecular weight excluding hydrogens is 100 g/mol. The second kappa shape index (κ2) is 6.48. The van der Waals surface area contributed by atoms with Crippen molar-refractivity contribution < 1.29 is 0 Å². The summed E-state index contributed by atoms with van der Waals surface area (Å²) in [5.74, 6) is 5.67. The quantitative estimate of drug-likeness (QED) is 0.375. The highest BCUT2D eigenvalue weighted by atomic mass is 14.8. The van der Waals surface area contributed by atoms with Crippen LogP contribution in [0.3, 0.4) is 0 Å². The van der Waals surface area contributed by atoms with E-state index in [0.29, 0.717) is 6.54 Å². The molecule has 0 spiro atoms. The summed E-state index contributed by atoms with van der Waals surface area (Å²) >= 11 is 0. The van der Waals surface area contributed by atoms with Gasteiger partial charge in [0.2, 0.25) is 0 Å². The lowest BCUT2D eigenvalue weighted by molar-refractivity contribution is 0.818. The molecule has 0 atom stereocenters. The van der Waals surface area contributed by atoms with E-state index in [4.69, 9.17) is 5.73 Å². The monoisotopic (exact) mass is 112 g/mol. The zero-order chi connectivity index (χ0) is 6.24. The molecule has 0 aromatic carbocycles. The second-order valence-corrected chi connectivity index (χ2v) is 1.41. The molecular formula is C6H12N2. The van der Waals surface area contributed by atoms with E-state index < -0.39 is 0 Å². The summed E-state index contributed by atoms with van der Waals surface area (Å²) in [5.41, 5.74) is 5.12. The van der Waals surface area contributed by atoms with E-state index in [1.807, 2.05) is 7.05 Å². The minimum absolute atomic E-state index is 0.476. The maximum atomic E-state index is 5.12. The fourth-order valence-corrected chi connectivity index (χ4v) is 0.348. The van der Waals surface area contributed by atoms with E-state index in [0.717, 1.165) is 13.0 Å². The van der Waals surface area contributed by atoms with E-state index in [-0.39, 0.29) is 0 Å². The molecule has 46 valence electrons. The molecule has 0 radical (unpaired) electrons. The van der Waals surface area contributed by atoms with Crippen LogP contribution in [-0.2, 0) is 0 Å². The average molecular weight is 112 g/mol. The number of hydrogen-bond donors (Lipinski definition) is 2. The molecule has 8 heavy (non-hydrogen) atoms. The zero-order valence-electron chi connectivity index (χ0n) is 5.20. The minimum atomic E-state index is 0.476. The Balaban J connectivity index is 2.90. The van der Waals surface area contributed by atoms with E-state index in [2.05, 4.69) is 17.2 Å². The van der Waals surface area contributed by atoms with Crippen molar-refractivity contribution in [2.45, 2.75) is 6.42 Å². The maximum absolute atomic E-state index is 5.12. The van der Waals surface area contributed by atoms with Gasteiger partial charge in [0.15, 0.2) is 0 Å². The van der Waals surface area contributed by atoms with Crippen molar-refractivity contribution >= 4 is 0 Å². The van der Waals surface area contributed by atoms with E-state index in [9.17, 15) is 0 Å². The molecule has 3 N–H and O–H groups in total. The fraction of sp³-hybridized carbons (Fsp3) is 0.667. The zero-order valence-corrected chi connectivity index (χ0v) is 5.20. The fourth-order valence-electron chi connectivity index (χ4n) is 0.348. The summed E-state index contributed by atoms with van der Waals surface area (Å²) < 4.78 is 0. The maximum Gasteiger partial charge on any atom is 0.0551 e. The summed E-state index contributed by atoms with van der Waals surface area (Å²) in [5, 5.41) is 2.98. The van der Waals surface area contributed by atoms with Crippen LogP contribution in [0.2, 0.25) is 0 Å². The third kappa shape index (κ3) is 5.48. The molecule has 0 aliphatic rings. The lowest BCUT2D eigenvalue weighted by Crippen LogP contribution is -2.06. The Morgan fingerprint density at radius 3 is 2.75 bits per heavy atom. The lowest BCUT2D eigenvalue weighted by Gasteiger charge is -1.86. The van der Waals surface area contributed by atoms with E-state index in [1.54, 1.807) is 0 Å². The Morgan fingerprint density at radius 2 is 2.25 bits per heavy atom. The Labute approximate surface area is 50.5 Å². The molecule has 0 aromatic heterocycles. The van der Waals surface area contributed by atoms with Gasteiger partial charge in [-0.2, -0.15) is 0 Å². The molecule has 2 heteroatoms. The molecule has 0 saturated carbocycles. The Bertz CT molecular complexity index is 88.4. The number of hydrogen-bond acceptors (Lipinski definition) is 2. The summed E-state index contributed by atoms with van der Waals surface area (Å²) in [7, 11) is 1.91. The number of rotatable bonds is 2. The van der Waals surface area contributed by atoms with Gasteiger partial charge in [0, 0.05) is 13.0 Å². The van der Waals surface area contributed by atoms with Gasteiger partial charge >= 0.3 is 0 Å². The first-order valence-corrected chi connectivity index (χ1v) is 2.72. The first kappa shape index (κ1) is 7.48. The van der Waals surface area contributed by atoms with Crippen LogP contribution in [0, 0.1) is 11.8 Å². The van der Waals surface area contributed by atoms with E-state index in [1.165, 1.54) is 0 Å². The second-order valence-electron chi connectivity index (χ2n) is 1.41. The van der Waals surface area contributed by atoms with Gasteiger partial charge in [-0.15, -0.1) is 5.92 Å². The van der Waals surface area contributed by atoms with Crippen LogP contribution in [0.1, 0.15) is 6.42 Å². The van der Waals surface area contributed by atoms with Crippen LogP contribution < -0.4 is 11.1 Å². The van der Waals surface area contributed by atoms with Crippen molar-refractivity contribution in [3.05, 3.63) is 0 Å². The molecule has 0 unspecified atom stereocenters. The highest BCUT2D eigenvalue weighted by Crippen LogP contribution is 1.66. The van der Waals surface area contributed by atoms with Crippen molar-refractivity contribution in [2.24, 2.45) is 5.73 Å². The van der Waals surface area contributed by atoms with Crippen LogP contribution in [0.4, 0.5) is 0 Å². The Kier molecular flexibility index (Phi) is 6.06. The summed E-state index contributed by atoms with van der Waals surface area (Å²) in [6.45, 7) is 1.43. The third-order valence-electron chi connectivity index (χ3n) is 0.727. The summed E-state index contributed by atoms with van der Waals surface area (Å²) in [6, 6.07) is 0. The van der Waals surface area contributed by atoms with Crippen molar-refractivity contribution in [2.75, 3.05) is 20.1 Å². The van der Waals surface area contributed by atoms with Gasteiger partial charge in [0.05, 0.1) is 6.54 Å². The predicted octanol–water partition coefficient (Wildman–Crippen LogP) is -0.442. The third-order valence-corrected chi connectivity index (χ3v) is 0.727. The van der Waals surface area contributed by atoms with Crippen LogP contribution in [0.15, 0.2) is 0 Å². The minimum Gasteiger partial charge on any atom is -0.320 e. The van der Waals surface area contributed by atoms with Crippen LogP contribution in [-0.4, -0.2) is 20.1 Å². The highest BCUT2D eigenvalue weighted by Gasteiger charge is 1.71. The highest BCUT2D eigenvalue weighted by molar-refractivity contribution is 4.99. The first-order chi connectivity index (χ1) is 3.91.